The summed E-state index contributed by atoms with van der Waals surface area (Å²) in [6, 6.07) is 0. The van der Waals surface area contributed by atoms with Gasteiger partial charge in [-0.05, 0) is 70.8 Å². The number of hydrogen-bond acceptors (Lipinski definition) is 2. The fourth-order valence-electron chi connectivity index (χ4n) is 3.50. The van der Waals surface area contributed by atoms with E-state index in [9.17, 15) is 5.11 Å². The van der Waals surface area contributed by atoms with Gasteiger partial charge in [-0.2, -0.15) is 0 Å². The minimum Gasteiger partial charge on any atom is -0.389 e. The van der Waals surface area contributed by atoms with E-state index in [4.69, 9.17) is 4.74 Å². The summed E-state index contributed by atoms with van der Waals surface area (Å²) < 4.78 is 5.70. The fourth-order valence-corrected chi connectivity index (χ4v) is 3.50. The molecule has 0 radical (unpaired) electrons. The van der Waals surface area contributed by atoms with Crippen molar-refractivity contribution in [3.63, 3.8) is 0 Å². The second-order valence-corrected chi connectivity index (χ2v) is 7.47. The van der Waals surface area contributed by atoms with Gasteiger partial charge in [-0.3, -0.25) is 0 Å². The van der Waals surface area contributed by atoms with Crippen LogP contribution in [0.1, 0.15) is 60.3 Å². The van der Waals surface area contributed by atoms with Crippen molar-refractivity contribution >= 4 is 0 Å². The molecule has 2 rings (SSSR count). The Morgan fingerprint density at radius 1 is 1.36 bits per heavy atom. The number of fused-ring (bicyclic) bond motifs is 1. The molecule has 0 spiro atoms. The molecule has 2 unspecified atom stereocenters. The smallest absolute Gasteiger partial charge is 0.109 e. The van der Waals surface area contributed by atoms with Crippen LogP contribution in [0.25, 0.3) is 0 Å². The number of ether oxygens (including phenoxy) is 1. The standard InChI is InChI=1S/C20H32O2/c1-13(2)7-6-8-15(4)17-10-9-14(3)11-19-20(22-19)16(5)12-18(17)21/h7,11-12,15,17-21H,6,8-10H2,1-5H3/b14-11+,16-12+/t15-,17+,18+,19?,20?/m1/s1. The Hall–Kier alpha value is -0.860. The summed E-state index contributed by atoms with van der Waals surface area (Å²) in [5.74, 6) is 0.858. The monoisotopic (exact) mass is 304 g/mol. The Balaban J connectivity index is 2.05. The molecule has 0 aromatic carbocycles. The van der Waals surface area contributed by atoms with Crippen molar-refractivity contribution < 1.29 is 9.84 Å². The van der Waals surface area contributed by atoms with Crippen LogP contribution in [0.5, 0.6) is 0 Å². The van der Waals surface area contributed by atoms with E-state index >= 15 is 0 Å². The van der Waals surface area contributed by atoms with Crippen LogP contribution in [0.2, 0.25) is 0 Å². The van der Waals surface area contributed by atoms with Crippen LogP contribution in [-0.2, 0) is 4.74 Å². The van der Waals surface area contributed by atoms with E-state index in [0.29, 0.717) is 11.8 Å². The van der Waals surface area contributed by atoms with Crippen molar-refractivity contribution in [3.05, 3.63) is 34.9 Å². The third-order valence-electron chi connectivity index (χ3n) is 5.07. The molecule has 0 amide bonds. The summed E-state index contributed by atoms with van der Waals surface area (Å²) in [4.78, 5) is 0. The summed E-state index contributed by atoms with van der Waals surface area (Å²) >= 11 is 0. The molecule has 22 heavy (non-hydrogen) atoms. The highest BCUT2D eigenvalue weighted by Crippen LogP contribution is 2.36. The Bertz CT molecular complexity index is 468. The van der Waals surface area contributed by atoms with Gasteiger partial charge in [-0.25, -0.2) is 0 Å². The lowest BCUT2D eigenvalue weighted by Gasteiger charge is -2.28. The molecule has 0 bridgehead atoms. The van der Waals surface area contributed by atoms with E-state index in [-0.39, 0.29) is 18.3 Å². The van der Waals surface area contributed by atoms with Gasteiger partial charge in [0.1, 0.15) is 12.2 Å². The van der Waals surface area contributed by atoms with E-state index in [2.05, 4.69) is 46.8 Å². The maximum Gasteiger partial charge on any atom is 0.109 e. The first-order valence-electron chi connectivity index (χ1n) is 8.71. The van der Waals surface area contributed by atoms with Crippen molar-refractivity contribution in [1.82, 2.24) is 0 Å². The molecule has 1 aliphatic heterocycles. The van der Waals surface area contributed by atoms with Gasteiger partial charge in [-0.15, -0.1) is 0 Å². The van der Waals surface area contributed by atoms with Crippen LogP contribution in [-0.4, -0.2) is 23.4 Å². The Morgan fingerprint density at radius 3 is 2.77 bits per heavy atom. The number of rotatable bonds is 4. The lowest BCUT2D eigenvalue weighted by atomic mass is 9.80. The molecule has 1 aliphatic carbocycles. The van der Waals surface area contributed by atoms with Gasteiger partial charge in [0.2, 0.25) is 0 Å². The fraction of sp³-hybridized carbons (Fsp3) is 0.700. The average Bonchev–Trinajstić information content (AvgIpc) is 3.17. The normalized spacial score (nSPS) is 37.9. The molecular formula is C20H32O2. The van der Waals surface area contributed by atoms with Crippen LogP contribution in [0.15, 0.2) is 34.9 Å². The molecule has 124 valence electrons. The zero-order valence-corrected chi connectivity index (χ0v) is 14.8. The van der Waals surface area contributed by atoms with E-state index in [0.717, 1.165) is 25.7 Å². The lowest BCUT2D eigenvalue weighted by Crippen LogP contribution is -2.26. The van der Waals surface area contributed by atoms with Crippen LogP contribution in [0.3, 0.4) is 0 Å². The molecular weight excluding hydrogens is 272 g/mol. The van der Waals surface area contributed by atoms with Gasteiger partial charge in [0.05, 0.1) is 6.10 Å². The van der Waals surface area contributed by atoms with E-state index in [1.165, 1.54) is 16.7 Å². The zero-order valence-electron chi connectivity index (χ0n) is 14.8. The first-order chi connectivity index (χ1) is 10.4. The summed E-state index contributed by atoms with van der Waals surface area (Å²) in [7, 11) is 0. The molecule has 0 saturated carbocycles. The molecule has 2 nitrogen and oxygen atoms in total. The predicted molar refractivity (Wildman–Crippen MR) is 92.7 cm³/mol. The molecule has 1 N–H and O–H groups in total. The Morgan fingerprint density at radius 2 is 2.09 bits per heavy atom. The van der Waals surface area contributed by atoms with Gasteiger partial charge in [0, 0.05) is 0 Å². The Labute approximate surface area is 136 Å². The summed E-state index contributed by atoms with van der Waals surface area (Å²) in [5.41, 5.74) is 3.96. The number of epoxide rings is 1. The first-order valence-corrected chi connectivity index (χ1v) is 8.71. The minimum atomic E-state index is -0.350. The average molecular weight is 304 g/mol. The summed E-state index contributed by atoms with van der Waals surface area (Å²) in [6.45, 7) is 10.9. The molecule has 1 heterocycles. The molecule has 1 fully saturated rings. The van der Waals surface area contributed by atoms with Gasteiger partial charge >= 0.3 is 0 Å². The van der Waals surface area contributed by atoms with Crippen LogP contribution < -0.4 is 0 Å². The van der Waals surface area contributed by atoms with E-state index < -0.39 is 0 Å². The molecule has 1 saturated heterocycles. The number of allylic oxidation sites excluding steroid dienone is 3. The van der Waals surface area contributed by atoms with E-state index in [1.54, 1.807) is 0 Å². The first kappa shape index (κ1) is 17.5. The topological polar surface area (TPSA) is 32.8 Å². The maximum absolute atomic E-state index is 10.7. The van der Waals surface area contributed by atoms with Gasteiger partial charge in [-0.1, -0.05) is 36.3 Å². The maximum atomic E-state index is 10.7. The lowest BCUT2D eigenvalue weighted by molar-refractivity contribution is 0.106. The molecule has 2 heteroatoms. The summed E-state index contributed by atoms with van der Waals surface area (Å²) in [5, 5.41) is 10.7. The number of hydrogen-bond donors (Lipinski definition) is 1. The highest BCUT2D eigenvalue weighted by atomic mass is 16.6. The second kappa shape index (κ2) is 7.61. The molecule has 2 aliphatic rings. The minimum absolute atomic E-state index is 0.198. The number of aliphatic hydroxyl groups is 1. The molecule has 0 aromatic heterocycles. The van der Waals surface area contributed by atoms with Crippen LogP contribution >= 0.6 is 0 Å². The van der Waals surface area contributed by atoms with Crippen LogP contribution in [0, 0.1) is 11.8 Å². The highest BCUT2D eigenvalue weighted by Gasteiger charge is 2.39. The van der Waals surface area contributed by atoms with Crippen molar-refractivity contribution in [2.45, 2.75) is 78.6 Å². The van der Waals surface area contributed by atoms with Crippen molar-refractivity contribution in [2.24, 2.45) is 11.8 Å². The second-order valence-electron chi connectivity index (χ2n) is 7.47. The largest absolute Gasteiger partial charge is 0.389 e. The summed E-state index contributed by atoms with van der Waals surface area (Å²) in [6.07, 6.45) is 11.1. The predicted octanol–water partition coefficient (Wildman–Crippen LogP) is 4.80. The van der Waals surface area contributed by atoms with Crippen molar-refractivity contribution in [2.75, 3.05) is 0 Å². The van der Waals surface area contributed by atoms with Crippen LogP contribution in [0.4, 0.5) is 0 Å². The zero-order chi connectivity index (χ0) is 16.3. The molecule has 5 atom stereocenters. The van der Waals surface area contributed by atoms with Gasteiger partial charge < -0.3 is 9.84 Å². The van der Waals surface area contributed by atoms with E-state index in [1.807, 2.05) is 6.08 Å². The highest BCUT2D eigenvalue weighted by molar-refractivity contribution is 5.24. The quantitative estimate of drug-likeness (QED) is 0.598. The SMILES string of the molecule is CC(C)=CCC[C@@H](C)[C@@H]1CC/C(C)=C/C2OC2/C(C)=C/[C@@H]1O. The third-order valence-corrected chi connectivity index (χ3v) is 5.07. The molecule has 0 aromatic rings. The van der Waals surface area contributed by atoms with Gasteiger partial charge in [0.25, 0.3) is 0 Å². The van der Waals surface area contributed by atoms with Gasteiger partial charge in [0.15, 0.2) is 0 Å². The van der Waals surface area contributed by atoms with Crippen molar-refractivity contribution in [1.29, 1.82) is 0 Å². The van der Waals surface area contributed by atoms with Crippen molar-refractivity contribution in [3.8, 4) is 0 Å². The Kier molecular flexibility index (Phi) is 6.05. The third kappa shape index (κ3) is 4.82. The number of aliphatic hydroxyl groups excluding tert-OH is 1.